The quantitative estimate of drug-likeness (QED) is 0.577. The maximum atomic E-state index is 5.33. The van der Waals surface area contributed by atoms with Crippen LogP contribution in [0.5, 0.6) is 11.5 Å². The zero-order valence-electron chi connectivity index (χ0n) is 13.0. The minimum absolute atomic E-state index is 0.732. The third kappa shape index (κ3) is 3.23. The van der Waals surface area contributed by atoms with Crippen molar-refractivity contribution in [3.63, 3.8) is 0 Å². The van der Waals surface area contributed by atoms with Gasteiger partial charge in [0.25, 0.3) is 0 Å². The molecule has 0 bridgehead atoms. The van der Waals surface area contributed by atoms with Crippen LogP contribution in [-0.2, 0) is 0 Å². The van der Waals surface area contributed by atoms with E-state index in [0.717, 1.165) is 33.7 Å². The highest BCUT2D eigenvalue weighted by atomic mass is 16.5. The molecule has 0 radical (unpaired) electrons. The number of para-hydroxylation sites is 1. The summed E-state index contributed by atoms with van der Waals surface area (Å²) in [6.07, 6.45) is 3.46. The predicted octanol–water partition coefficient (Wildman–Crippen LogP) is 3.70. The smallest absolute Gasteiger partial charge is 0.127 e. The van der Waals surface area contributed by atoms with Gasteiger partial charge in [-0.15, -0.1) is 0 Å². The number of pyridine rings is 1. The molecule has 2 aromatic carbocycles. The van der Waals surface area contributed by atoms with E-state index < -0.39 is 0 Å². The molecule has 1 aromatic heterocycles. The monoisotopic (exact) mass is 307 g/mol. The summed E-state index contributed by atoms with van der Waals surface area (Å²) in [5.41, 5.74) is 5.71. The Morgan fingerprint density at radius 3 is 2.74 bits per heavy atom. The van der Waals surface area contributed by atoms with Gasteiger partial charge in [0, 0.05) is 17.1 Å². The summed E-state index contributed by atoms with van der Waals surface area (Å²) in [6, 6.07) is 15.4. The topological polar surface area (TPSA) is 55.7 Å². The van der Waals surface area contributed by atoms with Gasteiger partial charge in [0.05, 0.1) is 31.6 Å². The molecule has 0 aliphatic heterocycles. The fourth-order valence-electron chi connectivity index (χ4n) is 2.31. The molecule has 3 rings (SSSR count). The van der Waals surface area contributed by atoms with E-state index in [2.05, 4.69) is 15.5 Å². The molecule has 0 unspecified atom stereocenters. The van der Waals surface area contributed by atoms with Gasteiger partial charge in [0.15, 0.2) is 0 Å². The lowest BCUT2D eigenvalue weighted by atomic mass is 10.2. The molecule has 0 aliphatic carbocycles. The van der Waals surface area contributed by atoms with Crippen LogP contribution in [0.15, 0.2) is 59.8 Å². The number of methoxy groups -OCH3 is 2. The summed E-state index contributed by atoms with van der Waals surface area (Å²) in [5, 5.41) is 5.33. The molecule has 0 amide bonds. The molecule has 0 atom stereocenters. The van der Waals surface area contributed by atoms with Gasteiger partial charge in [-0.1, -0.05) is 18.2 Å². The van der Waals surface area contributed by atoms with Crippen molar-refractivity contribution in [2.75, 3.05) is 19.6 Å². The Balaban J connectivity index is 1.86. The zero-order valence-corrected chi connectivity index (χ0v) is 13.0. The van der Waals surface area contributed by atoms with Gasteiger partial charge in [-0.2, -0.15) is 5.10 Å². The second-order valence-electron chi connectivity index (χ2n) is 4.85. The molecule has 1 N–H and O–H groups in total. The van der Waals surface area contributed by atoms with E-state index in [9.17, 15) is 0 Å². The first-order chi connectivity index (χ1) is 11.3. The van der Waals surface area contributed by atoms with E-state index in [1.807, 2.05) is 48.5 Å². The molecule has 23 heavy (non-hydrogen) atoms. The van der Waals surface area contributed by atoms with Gasteiger partial charge in [-0.05, 0) is 30.3 Å². The Kier molecular flexibility index (Phi) is 4.38. The fourth-order valence-corrected chi connectivity index (χ4v) is 2.31. The Morgan fingerprint density at radius 2 is 1.91 bits per heavy atom. The number of nitrogens with zero attached hydrogens (tertiary/aromatic N) is 2. The summed E-state index contributed by atoms with van der Waals surface area (Å²) >= 11 is 0. The molecule has 5 nitrogen and oxygen atoms in total. The highest BCUT2D eigenvalue weighted by Crippen LogP contribution is 2.23. The molecule has 3 aromatic rings. The molecule has 0 saturated carbocycles. The zero-order chi connectivity index (χ0) is 16.1. The molecule has 5 heteroatoms. The van der Waals surface area contributed by atoms with Crippen LogP contribution in [0.4, 0.5) is 5.69 Å². The number of ether oxygens (including phenoxy) is 2. The summed E-state index contributed by atoms with van der Waals surface area (Å²) in [6.45, 7) is 0. The molecule has 0 fully saturated rings. The number of nitrogens with one attached hydrogen (secondary N) is 1. The lowest BCUT2D eigenvalue weighted by molar-refractivity contribution is 0.402. The van der Waals surface area contributed by atoms with Gasteiger partial charge in [-0.3, -0.25) is 10.4 Å². The lowest BCUT2D eigenvalue weighted by Gasteiger charge is -2.07. The van der Waals surface area contributed by atoms with Crippen LogP contribution in [0.3, 0.4) is 0 Å². The second kappa shape index (κ2) is 6.79. The van der Waals surface area contributed by atoms with Crippen LogP contribution in [0.1, 0.15) is 5.56 Å². The van der Waals surface area contributed by atoms with Crippen molar-refractivity contribution in [1.82, 2.24) is 4.98 Å². The lowest BCUT2D eigenvalue weighted by Crippen LogP contribution is -1.96. The minimum Gasteiger partial charge on any atom is -0.497 e. The van der Waals surface area contributed by atoms with Crippen molar-refractivity contribution in [2.24, 2.45) is 5.10 Å². The highest BCUT2D eigenvalue weighted by molar-refractivity contribution is 5.91. The van der Waals surface area contributed by atoms with E-state index in [1.165, 1.54) is 0 Å². The largest absolute Gasteiger partial charge is 0.497 e. The van der Waals surface area contributed by atoms with Gasteiger partial charge < -0.3 is 9.47 Å². The van der Waals surface area contributed by atoms with Crippen molar-refractivity contribution < 1.29 is 9.47 Å². The minimum atomic E-state index is 0.732. The van der Waals surface area contributed by atoms with E-state index >= 15 is 0 Å². The summed E-state index contributed by atoms with van der Waals surface area (Å²) in [5.74, 6) is 1.48. The van der Waals surface area contributed by atoms with Crippen molar-refractivity contribution in [1.29, 1.82) is 0 Å². The third-order valence-corrected chi connectivity index (χ3v) is 3.47. The first kappa shape index (κ1) is 14.8. The van der Waals surface area contributed by atoms with Gasteiger partial charge in [-0.25, -0.2) is 0 Å². The van der Waals surface area contributed by atoms with E-state index in [0.29, 0.717) is 0 Å². The number of hydrazone groups is 1. The van der Waals surface area contributed by atoms with Crippen LogP contribution in [0.2, 0.25) is 0 Å². The molecule has 0 spiro atoms. The number of aromatic nitrogens is 1. The van der Waals surface area contributed by atoms with Gasteiger partial charge in [0.2, 0.25) is 0 Å². The van der Waals surface area contributed by atoms with E-state index in [4.69, 9.17) is 9.47 Å². The Morgan fingerprint density at radius 1 is 1.04 bits per heavy atom. The normalized spacial score (nSPS) is 10.9. The van der Waals surface area contributed by atoms with Gasteiger partial charge in [0.1, 0.15) is 11.5 Å². The maximum absolute atomic E-state index is 5.33. The molecule has 116 valence electrons. The average molecular weight is 307 g/mol. The first-order valence-electron chi connectivity index (χ1n) is 7.16. The van der Waals surface area contributed by atoms with Crippen LogP contribution in [0, 0.1) is 0 Å². The average Bonchev–Trinajstić information content (AvgIpc) is 2.61. The van der Waals surface area contributed by atoms with E-state index in [1.54, 1.807) is 26.6 Å². The number of benzene rings is 2. The maximum Gasteiger partial charge on any atom is 0.127 e. The number of hydrogen-bond donors (Lipinski definition) is 1. The molecule has 0 aliphatic rings. The first-order valence-corrected chi connectivity index (χ1v) is 7.16. The Hall–Kier alpha value is -3.08. The van der Waals surface area contributed by atoms with Crippen LogP contribution in [-0.4, -0.2) is 25.4 Å². The number of anilines is 1. The molecular formula is C18H17N3O2. The van der Waals surface area contributed by atoms with Crippen molar-refractivity contribution in [3.05, 3.63) is 60.3 Å². The highest BCUT2D eigenvalue weighted by Gasteiger charge is 2.03. The molecule has 1 heterocycles. The summed E-state index contributed by atoms with van der Waals surface area (Å²) < 4.78 is 10.6. The predicted molar refractivity (Wildman–Crippen MR) is 92.5 cm³/mol. The summed E-state index contributed by atoms with van der Waals surface area (Å²) in [7, 11) is 3.26. The third-order valence-electron chi connectivity index (χ3n) is 3.47. The standard InChI is InChI=1S/C18H17N3O2/c1-22-14-7-8-18(23-2)13(11-14)12-20-21-17-9-10-19-16-6-4-3-5-15(16)17/h3-12H,1-2H3,(H,19,21). The van der Waals surface area contributed by atoms with Gasteiger partial charge >= 0.3 is 0 Å². The summed E-state index contributed by atoms with van der Waals surface area (Å²) in [4.78, 5) is 4.33. The number of rotatable bonds is 5. The molecule has 0 saturated heterocycles. The van der Waals surface area contributed by atoms with Crippen molar-refractivity contribution in [3.8, 4) is 11.5 Å². The van der Waals surface area contributed by atoms with Crippen molar-refractivity contribution >= 4 is 22.8 Å². The second-order valence-corrected chi connectivity index (χ2v) is 4.85. The Bertz CT molecular complexity index is 841. The van der Waals surface area contributed by atoms with Crippen molar-refractivity contribution in [2.45, 2.75) is 0 Å². The molecular weight excluding hydrogens is 290 g/mol. The van der Waals surface area contributed by atoms with Crippen LogP contribution in [0.25, 0.3) is 10.9 Å². The number of fused-ring (bicyclic) bond motifs is 1. The van der Waals surface area contributed by atoms with Crippen LogP contribution >= 0.6 is 0 Å². The SMILES string of the molecule is COc1ccc(OC)c(C=NNc2ccnc3ccccc23)c1. The fraction of sp³-hybridized carbons (Fsp3) is 0.111. The number of hydrogen-bond acceptors (Lipinski definition) is 5. The van der Waals surface area contributed by atoms with Crippen LogP contribution < -0.4 is 14.9 Å². The Labute approximate surface area is 134 Å². The van der Waals surface area contributed by atoms with E-state index in [-0.39, 0.29) is 0 Å².